The molecular weight excluding hydrogens is 193 g/mol. The molecule has 0 radical (unpaired) electrons. The van der Waals surface area contributed by atoms with E-state index in [0.717, 1.165) is 25.1 Å². The SMILES string of the molecule is COCCCN[C@H](C)c1ccc(F)cc1. The van der Waals surface area contributed by atoms with Crippen molar-refractivity contribution in [2.45, 2.75) is 19.4 Å². The van der Waals surface area contributed by atoms with Gasteiger partial charge < -0.3 is 10.1 Å². The molecule has 84 valence electrons. The van der Waals surface area contributed by atoms with Gasteiger partial charge in [-0.2, -0.15) is 0 Å². The Morgan fingerprint density at radius 2 is 2.00 bits per heavy atom. The highest BCUT2D eigenvalue weighted by Gasteiger charge is 2.03. The first-order chi connectivity index (χ1) is 7.24. The van der Waals surface area contributed by atoms with Gasteiger partial charge in [0.15, 0.2) is 0 Å². The highest BCUT2D eigenvalue weighted by molar-refractivity contribution is 5.19. The number of methoxy groups -OCH3 is 1. The van der Waals surface area contributed by atoms with Gasteiger partial charge >= 0.3 is 0 Å². The van der Waals surface area contributed by atoms with E-state index in [1.54, 1.807) is 7.11 Å². The van der Waals surface area contributed by atoms with Crippen molar-refractivity contribution in [2.75, 3.05) is 20.3 Å². The lowest BCUT2D eigenvalue weighted by Crippen LogP contribution is -2.20. The van der Waals surface area contributed by atoms with Crippen molar-refractivity contribution in [3.05, 3.63) is 35.6 Å². The van der Waals surface area contributed by atoms with Gasteiger partial charge in [-0.3, -0.25) is 0 Å². The summed E-state index contributed by atoms with van der Waals surface area (Å²) in [6.45, 7) is 3.75. The minimum Gasteiger partial charge on any atom is -0.385 e. The van der Waals surface area contributed by atoms with Crippen molar-refractivity contribution in [1.82, 2.24) is 5.32 Å². The Kier molecular flexibility index (Phi) is 5.29. The number of benzene rings is 1. The van der Waals surface area contributed by atoms with E-state index in [1.165, 1.54) is 12.1 Å². The van der Waals surface area contributed by atoms with Crippen LogP contribution in [0.4, 0.5) is 4.39 Å². The van der Waals surface area contributed by atoms with Crippen LogP contribution in [0.2, 0.25) is 0 Å². The summed E-state index contributed by atoms with van der Waals surface area (Å²) in [5.41, 5.74) is 1.11. The van der Waals surface area contributed by atoms with Crippen molar-refractivity contribution < 1.29 is 9.13 Å². The second-order valence-corrected chi connectivity index (χ2v) is 3.57. The summed E-state index contributed by atoms with van der Waals surface area (Å²) in [7, 11) is 1.70. The molecule has 0 aromatic heterocycles. The molecule has 2 nitrogen and oxygen atoms in total. The Hall–Kier alpha value is -0.930. The number of rotatable bonds is 6. The van der Waals surface area contributed by atoms with Crippen LogP contribution in [-0.4, -0.2) is 20.3 Å². The Morgan fingerprint density at radius 1 is 1.33 bits per heavy atom. The Labute approximate surface area is 90.4 Å². The van der Waals surface area contributed by atoms with Crippen LogP contribution in [0.25, 0.3) is 0 Å². The van der Waals surface area contributed by atoms with Crippen LogP contribution in [0.3, 0.4) is 0 Å². The van der Waals surface area contributed by atoms with Crippen molar-refractivity contribution in [1.29, 1.82) is 0 Å². The highest BCUT2D eigenvalue weighted by Crippen LogP contribution is 2.12. The molecule has 1 N–H and O–H groups in total. The van der Waals surface area contributed by atoms with E-state index in [-0.39, 0.29) is 11.9 Å². The van der Waals surface area contributed by atoms with Crippen LogP contribution in [0.5, 0.6) is 0 Å². The molecule has 3 heteroatoms. The monoisotopic (exact) mass is 211 g/mol. The van der Waals surface area contributed by atoms with Crippen LogP contribution in [0.1, 0.15) is 24.9 Å². The first-order valence-electron chi connectivity index (χ1n) is 5.22. The third kappa shape index (κ3) is 4.40. The zero-order valence-electron chi connectivity index (χ0n) is 9.29. The van der Waals surface area contributed by atoms with Gasteiger partial charge in [-0.1, -0.05) is 12.1 Å². The topological polar surface area (TPSA) is 21.3 Å². The van der Waals surface area contributed by atoms with Gasteiger partial charge in [0, 0.05) is 19.8 Å². The molecule has 0 saturated carbocycles. The summed E-state index contributed by atoms with van der Waals surface area (Å²) < 4.78 is 17.6. The number of hydrogen-bond donors (Lipinski definition) is 1. The number of ether oxygens (including phenoxy) is 1. The predicted octanol–water partition coefficient (Wildman–Crippen LogP) is 2.51. The molecule has 0 unspecified atom stereocenters. The smallest absolute Gasteiger partial charge is 0.123 e. The number of hydrogen-bond acceptors (Lipinski definition) is 2. The first kappa shape index (κ1) is 12.1. The molecule has 1 aromatic carbocycles. The van der Waals surface area contributed by atoms with E-state index in [4.69, 9.17) is 4.74 Å². The standard InChI is InChI=1S/C12H18FNO/c1-10(14-8-3-9-15-2)11-4-6-12(13)7-5-11/h4-7,10,14H,3,8-9H2,1-2H3/t10-/m1/s1. The fourth-order valence-electron chi connectivity index (χ4n) is 1.40. The second-order valence-electron chi connectivity index (χ2n) is 3.57. The van der Waals surface area contributed by atoms with E-state index >= 15 is 0 Å². The van der Waals surface area contributed by atoms with Gasteiger partial charge in [0.1, 0.15) is 5.82 Å². The lowest BCUT2D eigenvalue weighted by Gasteiger charge is -2.13. The molecule has 15 heavy (non-hydrogen) atoms. The van der Waals surface area contributed by atoms with E-state index in [0.29, 0.717) is 0 Å². The summed E-state index contributed by atoms with van der Waals surface area (Å²) in [6.07, 6.45) is 0.988. The van der Waals surface area contributed by atoms with Crippen LogP contribution < -0.4 is 5.32 Å². The molecule has 1 atom stereocenters. The Bertz CT molecular complexity index is 273. The minimum absolute atomic E-state index is 0.190. The Morgan fingerprint density at radius 3 is 2.60 bits per heavy atom. The molecular formula is C12H18FNO. The third-order valence-corrected chi connectivity index (χ3v) is 2.35. The number of halogens is 1. The summed E-state index contributed by atoms with van der Waals surface area (Å²) >= 11 is 0. The third-order valence-electron chi connectivity index (χ3n) is 2.35. The normalized spacial score (nSPS) is 12.7. The van der Waals surface area contributed by atoms with Crippen LogP contribution in [0, 0.1) is 5.82 Å². The molecule has 0 amide bonds. The molecule has 0 aliphatic carbocycles. The summed E-state index contributed by atoms with van der Waals surface area (Å²) in [5.74, 6) is -0.190. The van der Waals surface area contributed by atoms with Gasteiger partial charge in [0.25, 0.3) is 0 Å². The van der Waals surface area contributed by atoms with Gasteiger partial charge in [-0.05, 0) is 37.6 Å². The van der Waals surface area contributed by atoms with Crippen LogP contribution >= 0.6 is 0 Å². The van der Waals surface area contributed by atoms with Crippen molar-refractivity contribution >= 4 is 0 Å². The molecule has 1 rings (SSSR count). The predicted molar refractivity (Wildman–Crippen MR) is 59.3 cm³/mol. The number of nitrogens with one attached hydrogen (secondary N) is 1. The Balaban J connectivity index is 2.33. The van der Waals surface area contributed by atoms with E-state index in [2.05, 4.69) is 12.2 Å². The molecule has 1 aromatic rings. The average molecular weight is 211 g/mol. The van der Waals surface area contributed by atoms with Crippen molar-refractivity contribution in [2.24, 2.45) is 0 Å². The lowest BCUT2D eigenvalue weighted by atomic mass is 10.1. The average Bonchev–Trinajstić information content (AvgIpc) is 2.25. The van der Waals surface area contributed by atoms with E-state index < -0.39 is 0 Å². The zero-order valence-corrected chi connectivity index (χ0v) is 9.29. The van der Waals surface area contributed by atoms with Crippen LogP contribution in [-0.2, 0) is 4.74 Å². The maximum atomic E-state index is 12.7. The molecule has 0 fully saturated rings. The summed E-state index contributed by atoms with van der Waals surface area (Å²) in [5, 5.41) is 3.35. The second kappa shape index (κ2) is 6.53. The van der Waals surface area contributed by atoms with Crippen molar-refractivity contribution in [3.8, 4) is 0 Å². The van der Waals surface area contributed by atoms with Crippen LogP contribution in [0.15, 0.2) is 24.3 Å². The zero-order chi connectivity index (χ0) is 11.1. The summed E-state index contributed by atoms with van der Waals surface area (Å²) in [4.78, 5) is 0. The van der Waals surface area contributed by atoms with E-state index in [1.807, 2.05) is 12.1 Å². The molecule has 0 aliphatic heterocycles. The molecule has 0 spiro atoms. The maximum Gasteiger partial charge on any atom is 0.123 e. The lowest BCUT2D eigenvalue weighted by molar-refractivity contribution is 0.193. The van der Waals surface area contributed by atoms with Gasteiger partial charge in [0.05, 0.1) is 0 Å². The first-order valence-corrected chi connectivity index (χ1v) is 5.22. The van der Waals surface area contributed by atoms with Gasteiger partial charge in [0.2, 0.25) is 0 Å². The largest absolute Gasteiger partial charge is 0.385 e. The minimum atomic E-state index is -0.190. The molecule has 0 saturated heterocycles. The fraction of sp³-hybridized carbons (Fsp3) is 0.500. The summed E-state index contributed by atoms with van der Waals surface area (Å²) in [6, 6.07) is 6.85. The quantitative estimate of drug-likeness (QED) is 0.730. The molecule has 0 bridgehead atoms. The van der Waals surface area contributed by atoms with E-state index in [9.17, 15) is 4.39 Å². The van der Waals surface area contributed by atoms with Gasteiger partial charge in [-0.15, -0.1) is 0 Å². The molecule has 0 aliphatic rings. The van der Waals surface area contributed by atoms with Crippen molar-refractivity contribution in [3.63, 3.8) is 0 Å². The highest BCUT2D eigenvalue weighted by atomic mass is 19.1. The fourth-order valence-corrected chi connectivity index (χ4v) is 1.40. The maximum absolute atomic E-state index is 12.7. The van der Waals surface area contributed by atoms with Gasteiger partial charge in [-0.25, -0.2) is 4.39 Å². The molecule has 0 heterocycles.